The van der Waals surface area contributed by atoms with Gasteiger partial charge in [-0.05, 0) is 12.1 Å². The van der Waals surface area contributed by atoms with Crippen molar-refractivity contribution in [1.29, 1.82) is 0 Å². The number of nitrogens with two attached hydrogens (primary N) is 1. The minimum atomic E-state index is -0.980. The Labute approximate surface area is 75.8 Å². The molecule has 0 aliphatic heterocycles. The zero-order valence-corrected chi connectivity index (χ0v) is 7.16. The van der Waals surface area contributed by atoms with Gasteiger partial charge in [0.15, 0.2) is 0 Å². The Morgan fingerprint density at radius 3 is 2.00 bits per heavy atom. The van der Waals surface area contributed by atoms with Gasteiger partial charge in [-0.2, -0.15) is 0 Å². The van der Waals surface area contributed by atoms with Gasteiger partial charge in [0.2, 0.25) is 0 Å². The van der Waals surface area contributed by atoms with Crippen LogP contribution in [0.4, 0.5) is 5.69 Å². The molecule has 0 aromatic heterocycles. The van der Waals surface area contributed by atoms with Crippen LogP contribution in [-0.4, -0.2) is 17.0 Å². The van der Waals surface area contributed by atoms with Crippen molar-refractivity contribution in [3.8, 4) is 0 Å². The Bertz CT molecular complexity index is 226. The molecule has 4 heteroatoms. The van der Waals surface area contributed by atoms with Crippen LogP contribution in [0.2, 0.25) is 0 Å². The molecule has 1 rings (SSSR count). The molecule has 66 valence electrons. The maximum absolute atomic E-state index is 9.24. The molecular weight excluding hydrogens is 178 g/mol. The fourth-order valence-corrected chi connectivity index (χ4v) is 0.453. The van der Waals surface area contributed by atoms with E-state index in [1.54, 1.807) is 0 Å². The Morgan fingerprint density at radius 2 is 1.83 bits per heavy atom. The van der Waals surface area contributed by atoms with Gasteiger partial charge in [0.1, 0.15) is 5.88 Å². The number of carboxylic acids is 1. The van der Waals surface area contributed by atoms with Gasteiger partial charge >= 0.3 is 5.97 Å². The zero-order chi connectivity index (χ0) is 9.40. The second kappa shape index (κ2) is 6.49. The third-order valence-electron chi connectivity index (χ3n) is 0.914. The number of halogens is 1. The number of anilines is 1. The number of carboxylic acid groups (broad SMARTS) is 1. The van der Waals surface area contributed by atoms with Crippen LogP contribution in [0.1, 0.15) is 0 Å². The first kappa shape index (κ1) is 10.8. The fourth-order valence-electron chi connectivity index (χ4n) is 0.453. The van der Waals surface area contributed by atoms with E-state index >= 15 is 0 Å². The highest BCUT2D eigenvalue weighted by atomic mass is 35.5. The summed E-state index contributed by atoms with van der Waals surface area (Å²) in [6.07, 6.45) is 0. The van der Waals surface area contributed by atoms with Gasteiger partial charge in [0.05, 0.1) is 0 Å². The first-order valence-corrected chi connectivity index (χ1v) is 3.78. The Hall–Kier alpha value is -1.22. The summed E-state index contributed by atoms with van der Waals surface area (Å²) in [5, 5.41) is 7.59. The highest BCUT2D eigenvalue weighted by Gasteiger charge is 1.83. The molecule has 12 heavy (non-hydrogen) atoms. The largest absolute Gasteiger partial charge is 0.480 e. The number of benzene rings is 1. The van der Waals surface area contributed by atoms with Gasteiger partial charge in [-0.25, -0.2) is 0 Å². The monoisotopic (exact) mass is 187 g/mol. The number of carbonyl (C=O) groups is 1. The molecule has 0 unspecified atom stereocenters. The summed E-state index contributed by atoms with van der Waals surface area (Å²) in [7, 11) is 0. The maximum atomic E-state index is 9.24. The molecule has 0 radical (unpaired) electrons. The molecule has 0 fully saturated rings. The molecule has 0 bridgehead atoms. The van der Waals surface area contributed by atoms with Crippen molar-refractivity contribution >= 4 is 23.3 Å². The maximum Gasteiger partial charge on any atom is 0.318 e. The Balaban J connectivity index is 0.000000217. The van der Waals surface area contributed by atoms with E-state index in [1.807, 2.05) is 30.3 Å². The van der Waals surface area contributed by atoms with Crippen molar-refractivity contribution < 1.29 is 9.90 Å². The van der Waals surface area contributed by atoms with E-state index < -0.39 is 5.97 Å². The molecule has 1 aromatic carbocycles. The lowest BCUT2D eigenvalue weighted by molar-refractivity contribution is -0.134. The number of aliphatic carboxylic acids is 1. The van der Waals surface area contributed by atoms with Gasteiger partial charge in [0.25, 0.3) is 0 Å². The van der Waals surface area contributed by atoms with Crippen LogP contribution in [0.15, 0.2) is 30.3 Å². The van der Waals surface area contributed by atoms with Crippen LogP contribution >= 0.6 is 11.6 Å². The average molecular weight is 188 g/mol. The van der Waals surface area contributed by atoms with Crippen molar-refractivity contribution in [3.05, 3.63) is 30.3 Å². The van der Waals surface area contributed by atoms with Crippen molar-refractivity contribution in [1.82, 2.24) is 0 Å². The van der Waals surface area contributed by atoms with E-state index in [0.717, 1.165) is 5.69 Å². The number of hydrogen-bond donors (Lipinski definition) is 2. The van der Waals surface area contributed by atoms with Crippen LogP contribution in [-0.2, 0) is 4.79 Å². The van der Waals surface area contributed by atoms with E-state index in [-0.39, 0.29) is 5.88 Å². The van der Waals surface area contributed by atoms with Crippen molar-refractivity contribution in [2.24, 2.45) is 0 Å². The Kier molecular flexibility index (Phi) is 5.83. The van der Waals surface area contributed by atoms with Crippen LogP contribution in [0.3, 0.4) is 0 Å². The van der Waals surface area contributed by atoms with Gasteiger partial charge in [-0.15, -0.1) is 11.6 Å². The molecule has 3 N–H and O–H groups in total. The SMILES string of the molecule is Nc1ccccc1.O=C(O)CCl. The standard InChI is InChI=1S/C6H7N.C2H3ClO2/c7-6-4-2-1-3-5-6;3-1-2(4)5/h1-5H,7H2;1H2,(H,4,5). The van der Waals surface area contributed by atoms with Crippen molar-refractivity contribution in [3.63, 3.8) is 0 Å². The van der Waals surface area contributed by atoms with Crippen LogP contribution in [0, 0.1) is 0 Å². The first-order chi connectivity index (χ1) is 5.66. The first-order valence-electron chi connectivity index (χ1n) is 3.25. The van der Waals surface area contributed by atoms with E-state index in [1.165, 1.54) is 0 Å². The molecule has 0 heterocycles. The van der Waals surface area contributed by atoms with E-state index in [4.69, 9.17) is 22.4 Å². The van der Waals surface area contributed by atoms with E-state index in [0.29, 0.717) is 0 Å². The third kappa shape index (κ3) is 6.89. The summed E-state index contributed by atoms with van der Waals surface area (Å²) in [6.45, 7) is 0. The lowest BCUT2D eigenvalue weighted by Crippen LogP contribution is -1.92. The second-order valence-corrected chi connectivity index (χ2v) is 2.21. The summed E-state index contributed by atoms with van der Waals surface area (Å²) < 4.78 is 0. The number of alkyl halides is 1. The molecular formula is C8H10ClNO2. The predicted molar refractivity (Wildman–Crippen MR) is 49.2 cm³/mol. The van der Waals surface area contributed by atoms with Crippen LogP contribution < -0.4 is 5.73 Å². The highest BCUT2D eigenvalue weighted by Crippen LogP contribution is 1.95. The smallest absolute Gasteiger partial charge is 0.318 e. The van der Waals surface area contributed by atoms with Crippen molar-refractivity contribution in [2.75, 3.05) is 11.6 Å². The quantitative estimate of drug-likeness (QED) is 0.518. The summed E-state index contributed by atoms with van der Waals surface area (Å²) in [4.78, 5) is 9.24. The molecule has 0 saturated carbocycles. The van der Waals surface area contributed by atoms with Gasteiger partial charge in [0, 0.05) is 5.69 Å². The topological polar surface area (TPSA) is 63.3 Å². The molecule has 0 amide bonds. The summed E-state index contributed by atoms with van der Waals surface area (Å²) in [5.41, 5.74) is 6.18. The normalized spacial score (nSPS) is 8.08. The van der Waals surface area contributed by atoms with Gasteiger partial charge < -0.3 is 10.8 Å². The molecule has 0 spiro atoms. The minimum absolute atomic E-state index is 0.306. The fraction of sp³-hybridized carbons (Fsp3) is 0.125. The van der Waals surface area contributed by atoms with Gasteiger partial charge in [-0.1, -0.05) is 18.2 Å². The second-order valence-electron chi connectivity index (χ2n) is 1.94. The molecule has 3 nitrogen and oxygen atoms in total. The summed E-state index contributed by atoms with van der Waals surface area (Å²) in [5.74, 6) is -1.29. The molecule has 0 aliphatic rings. The number of para-hydroxylation sites is 1. The van der Waals surface area contributed by atoms with E-state index in [2.05, 4.69) is 0 Å². The zero-order valence-electron chi connectivity index (χ0n) is 6.40. The molecule has 0 atom stereocenters. The lowest BCUT2D eigenvalue weighted by atomic mass is 10.3. The number of rotatable bonds is 1. The summed E-state index contributed by atoms with van der Waals surface area (Å²) >= 11 is 4.74. The minimum Gasteiger partial charge on any atom is -0.480 e. The molecule has 0 saturated heterocycles. The van der Waals surface area contributed by atoms with Crippen LogP contribution in [0.25, 0.3) is 0 Å². The lowest BCUT2D eigenvalue weighted by Gasteiger charge is -1.83. The van der Waals surface area contributed by atoms with Crippen LogP contribution in [0.5, 0.6) is 0 Å². The number of hydrogen-bond acceptors (Lipinski definition) is 2. The Morgan fingerprint density at radius 1 is 1.42 bits per heavy atom. The summed E-state index contributed by atoms with van der Waals surface area (Å²) in [6, 6.07) is 9.49. The van der Waals surface area contributed by atoms with Crippen molar-refractivity contribution in [2.45, 2.75) is 0 Å². The average Bonchev–Trinajstić information content (AvgIpc) is 2.07. The molecule has 0 aliphatic carbocycles. The number of nitrogen functional groups attached to an aromatic ring is 1. The van der Waals surface area contributed by atoms with Gasteiger partial charge in [-0.3, -0.25) is 4.79 Å². The van der Waals surface area contributed by atoms with E-state index in [9.17, 15) is 4.79 Å². The third-order valence-corrected chi connectivity index (χ3v) is 1.14. The highest BCUT2D eigenvalue weighted by molar-refractivity contribution is 6.26. The predicted octanol–water partition coefficient (Wildman–Crippen LogP) is 1.58. The molecule has 1 aromatic rings.